The SMILES string of the molecule is CCCC#CO.CO. The summed E-state index contributed by atoms with van der Waals surface area (Å²) in [4.78, 5) is 0. The molecule has 0 heterocycles. The van der Waals surface area contributed by atoms with Gasteiger partial charge in [-0.15, -0.1) is 0 Å². The highest BCUT2D eigenvalue weighted by molar-refractivity contribution is 4.88. The summed E-state index contributed by atoms with van der Waals surface area (Å²) in [7, 11) is 1.00. The minimum atomic E-state index is 0.802. The summed E-state index contributed by atoms with van der Waals surface area (Å²) >= 11 is 0. The van der Waals surface area contributed by atoms with Crippen LogP contribution in [0.3, 0.4) is 0 Å². The fraction of sp³-hybridized carbons (Fsp3) is 0.667. The van der Waals surface area contributed by atoms with Gasteiger partial charge in [-0.25, -0.2) is 0 Å². The molecule has 2 nitrogen and oxygen atoms in total. The highest BCUT2D eigenvalue weighted by Crippen LogP contribution is 1.78. The molecular weight excluding hydrogens is 104 g/mol. The van der Waals surface area contributed by atoms with Crippen LogP contribution in [0.4, 0.5) is 0 Å². The Labute approximate surface area is 50.2 Å². The first-order valence-corrected chi connectivity index (χ1v) is 2.48. The number of aliphatic hydroxyl groups is 2. The first-order valence-electron chi connectivity index (χ1n) is 2.48. The van der Waals surface area contributed by atoms with E-state index in [0.717, 1.165) is 20.0 Å². The van der Waals surface area contributed by atoms with Gasteiger partial charge in [0.25, 0.3) is 0 Å². The Bertz CT molecular complexity index is 68.3. The third-order valence-electron chi connectivity index (χ3n) is 0.454. The maximum absolute atomic E-state index is 7.84. The normalized spacial score (nSPS) is 5.38. The molecule has 0 aliphatic rings. The Hall–Kier alpha value is -0.680. The van der Waals surface area contributed by atoms with Gasteiger partial charge in [-0.1, -0.05) is 12.8 Å². The average Bonchev–Trinajstić information content (AvgIpc) is 1.88. The third kappa shape index (κ3) is 18.4. The van der Waals surface area contributed by atoms with Crippen LogP contribution in [-0.4, -0.2) is 17.3 Å². The van der Waals surface area contributed by atoms with Crippen LogP contribution in [0, 0.1) is 12.0 Å². The van der Waals surface area contributed by atoms with Crippen molar-refractivity contribution in [2.75, 3.05) is 7.11 Å². The van der Waals surface area contributed by atoms with Gasteiger partial charge in [0.2, 0.25) is 0 Å². The second-order valence-corrected chi connectivity index (χ2v) is 1.04. The van der Waals surface area contributed by atoms with E-state index in [2.05, 4.69) is 5.92 Å². The summed E-state index contributed by atoms with van der Waals surface area (Å²) in [6.07, 6.45) is 3.64. The fourth-order valence-electron chi connectivity index (χ4n) is 0.181. The van der Waals surface area contributed by atoms with E-state index in [0.29, 0.717) is 0 Å². The van der Waals surface area contributed by atoms with Gasteiger partial charge in [-0.2, -0.15) is 0 Å². The van der Waals surface area contributed by atoms with Crippen molar-refractivity contribution in [2.45, 2.75) is 19.8 Å². The molecule has 0 aliphatic heterocycles. The standard InChI is InChI=1S/C5H8O.CH4O/c1-2-3-4-5-6;1-2/h6H,2-3H2,1H3;2H,1H3. The van der Waals surface area contributed by atoms with Crippen LogP contribution in [0.1, 0.15) is 19.8 Å². The number of hydrogen-bond donors (Lipinski definition) is 2. The fourth-order valence-corrected chi connectivity index (χ4v) is 0.181. The quantitative estimate of drug-likeness (QED) is 0.496. The molecule has 2 heteroatoms. The van der Waals surface area contributed by atoms with E-state index in [-0.39, 0.29) is 0 Å². The monoisotopic (exact) mass is 116 g/mol. The van der Waals surface area contributed by atoms with E-state index in [1.54, 1.807) is 0 Å². The summed E-state index contributed by atoms with van der Waals surface area (Å²) < 4.78 is 0. The molecule has 0 fully saturated rings. The number of unbranched alkanes of at least 4 members (excludes halogenated alkanes) is 1. The van der Waals surface area contributed by atoms with Crippen molar-refractivity contribution in [3.05, 3.63) is 0 Å². The van der Waals surface area contributed by atoms with E-state index in [1.807, 2.05) is 13.0 Å². The Morgan fingerprint density at radius 2 is 1.88 bits per heavy atom. The smallest absolute Gasteiger partial charge is 0.107 e. The molecule has 0 saturated carbocycles. The Kier molecular flexibility index (Phi) is 21.0. The van der Waals surface area contributed by atoms with Gasteiger partial charge in [0.15, 0.2) is 0 Å². The predicted molar refractivity (Wildman–Crippen MR) is 32.8 cm³/mol. The lowest BCUT2D eigenvalue weighted by molar-refractivity contribution is 0.399. The second-order valence-electron chi connectivity index (χ2n) is 1.04. The van der Waals surface area contributed by atoms with E-state index in [9.17, 15) is 0 Å². The van der Waals surface area contributed by atoms with Crippen molar-refractivity contribution < 1.29 is 10.2 Å². The zero-order valence-corrected chi connectivity index (χ0v) is 5.31. The number of aliphatic hydroxyl groups excluding tert-OH is 2. The molecule has 8 heavy (non-hydrogen) atoms. The molecule has 0 unspecified atom stereocenters. The van der Waals surface area contributed by atoms with E-state index < -0.39 is 0 Å². The van der Waals surface area contributed by atoms with Crippen LogP contribution in [0.25, 0.3) is 0 Å². The molecule has 0 radical (unpaired) electrons. The molecule has 0 aliphatic carbocycles. The molecule has 0 bridgehead atoms. The summed E-state index contributed by atoms with van der Waals surface area (Å²) in [6, 6.07) is 0. The van der Waals surface area contributed by atoms with Crippen molar-refractivity contribution >= 4 is 0 Å². The maximum Gasteiger partial charge on any atom is 0.107 e. The largest absolute Gasteiger partial charge is 0.462 e. The van der Waals surface area contributed by atoms with Gasteiger partial charge >= 0.3 is 0 Å². The van der Waals surface area contributed by atoms with Crippen molar-refractivity contribution in [3.8, 4) is 12.0 Å². The van der Waals surface area contributed by atoms with Gasteiger partial charge in [0, 0.05) is 13.5 Å². The molecule has 0 rings (SSSR count). The number of rotatable bonds is 1. The molecule has 0 amide bonds. The molecule has 2 N–H and O–H groups in total. The first-order chi connectivity index (χ1) is 3.91. The summed E-state index contributed by atoms with van der Waals surface area (Å²) in [5.41, 5.74) is 0. The third-order valence-corrected chi connectivity index (χ3v) is 0.454. The molecule has 0 spiro atoms. The van der Waals surface area contributed by atoms with Crippen LogP contribution in [0.15, 0.2) is 0 Å². The summed E-state index contributed by atoms with van der Waals surface area (Å²) in [6.45, 7) is 2.02. The van der Waals surface area contributed by atoms with Gasteiger partial charge in [0.05, 0.1) is 0 Å². The van der Waals surface area contributed by atoms with E-state index >= 15 is 0 Å². The van der Waals surface area contributed by atoms with Crippen molar-refractivity contribution in [3.63, 3.8) is 0 Å². The molecule has 0 atom stereocenters. The van der Waals surface area contributed by atoms with Gasteiger partial charge in [0.1, 0.15) is 6.11 Å². The number of hydrogen-bond acceptors (Lipinski definition) is 2. The molecule has 48 valence electrons. The minimum Gasteiger partial charge on any atom is -0.462 e. The molecule has 0 aromatic carbocycles. The van der Waals surface area contributed by atoms with Crippen LogP contribution >= 0.6 is 0 Å². The van der Waals surface area contributed by atoms with Crippen molar-refractivity contribution in [2.24, 2.45) is 0 Å². The van der Waals surface area contributed by atoms with Gasteiger partial charge in [-0.05, 0) is 6.42 Å². The Morgan fingerprint density at radius 1 is 1.38 bits per heavy atom. The van der Waals surface area contributed by atoms with Crippen LogP contribution < -0.4 is 0 Å². The van der Waals surface area contributed by atoms with Gasteiger partial charge in [-0.3, -0.25) is 0 Å². The predicted octanol–water partition coefficient (Wildman–Crippen LogP) is 0.728. The van der Waals surface area contributed by atoms with E-state index in [1.165, 1.54) is 0 Å². The molecule has 0 saturated heterocycles. The molecule has 0 aromatic rings. The van der Waals surface area contributed by atoms with Crippen molar-refractivity contribution in [1.82, 2.24) is 0 Å². The zero-order chi connectivity index (χ0) is 6.83. The lowest BCUT2D eigenvalue weighted by atomic mass is 10.4. The second kappa shape index (κ2) is 16.2. The Balaban J connectivity index is 0. The highest BCUT2D eigenvalue weighted by Gasteiger charge is 1.64. The zero-order valence-electron chi connectivity index (χ0n) is 5.31. The lowest BCUT2D eigenvalue weighted by Gasteiger charge is -1.70. The van der Waals surface area contributed by atoms with Crippen LogP contribution in [-0.2, 0) is 0 Å². The summed E-state index contributed by atoms with van der Waals surface area (Å²) in [5, 5.41) is 14.8. The lowest BCUT2D eigenvalue weighted by Crippen LogP contribution is -1.58. The highest BCUT2D eigenvalue weighted by atomic mass is 16.2. The van der Waals surface area contributed by atoms with Crippen LogP contribution in [0.2, 0.25) is 0 Å². The first kappa shape index (κ1) is 10.3. The average molecular weight is 116 g/mol. The topological polar surface area (TPSA) is 40.5 Å². The summed E-state index contributed by atoms with van der Waals surface area (Å²) in [5.74, 6) is 2.50. The van der Waals surface area contributed by atoms with E-state index in [4.69, 9.17) is 10.2 Å². The van der Waals surface area contributed by atoms with Gasteiger partial charge < -0.3 is 10.2 Å². The van der Waals surface area contributed by atoms with Crippen LogP contribution in [0.5, 0.6) is 0 Å². The maximum atomic E-state index is 7.84. The Morgan fingerprint density at radius 3 is 2.00 bits per heavy atom. The molecular formula is C6H12O2. The van der Waals surface area contributed by atoms with Crippen molar-refractivity contribution in [1.29, 1.82) is 0 Å². The molecule has 0 aromatic heterocycles. The minimum absolute atomic E-state index is 0.802.